The van der Waals surface area contributed by atoms with Gasteiger partial charge in [0, 0.05) is 0 Å². The summed E-state index contributed by atoms with van der Waals surface area (Å²) in [6.07, 6.45) is 1.05. The smallest absolute Gasteiger partial charge is 0.0546 e. The molecule has 1 aliphatic carbocycles. The molecular weight excluding hydrogens is 156 g/mol. The Hall–Kier alpha value is -0.340. The predicted molar refractivity (Wildman–Crippen MR) is 46.8 cm³/mol. The zero-order valence-corrected chi connectivity index (χ0v) is 7.34. The van der Waals surface area contributed by atoms with Crippen LogP contribution in [0.4, 0.5) is 0 Å². The van der Waals surface area contributed by atoms with Crippen LogP contribution in [0, 0.1) is 5.92 Å². The number of aliphatic hydroxyl groups is 1. The molecule has 1 heterocycles. The van der Waals surface area contributed by atoms with E-state index in [1.54, 1.807) is 11.3 Å². The third-order valence-electron chi connectivity index (χ3n) is 2.43. The molecule has 1 aromatic rings. The predicted octanol–water partition coefficient (Wildman–Crippen LogP) is 2.23. The molecule has 2 heteroatoms. The first-order valence-corrected chi connectivity index (χ1v) is 4.93. The monoisotopic (exact) mass is 168 g/mol. The van der Waals surface area contributed by atoms with Gasteiger partial charge in [0.15, 0.2) is 0 Å². The van der Waals surface area contributed by atoms with Gasteiger partial charge in [0.05, 0.1) is 6.10 Å². The van der Waals surface area contributed by atoms with Crippen molar-refractivity contribution in [2.75, 3.05) is 0 Å². The normalized spacial score (nSPS) is 31.8. The van der Waals surface area contributed by atoms with Crippen LogP contribution in [0.15, 0.2) is 16.8 Å². The fourth-order valence-electron chi connectivity index (χ4n) is 1.62. The van der Waals surface area contributed by atoms with Crippen molar-refractivity contribution in [1.82, 2.24) is 0 Å². The summed E-state index contributed by atoms with van der Waals surface area (Å²) in [6.45, 7) is 1.89. The summed E-state index contributed by atoms with van der Waals surface area (Å²) in [6, 6.07) is 2.16. The minimum atomic E-state index is -0.125. The largest absolute Gasteiger partial charge is 0.393 e. The van der Waals surface area contributed by atoms with Crippen LogP contribution in [0.25, 0.3) is 0 Å². The Morgan fingerprint density at radius 1 is 1.73 bits per heavy atom. The zero-order valence-electron chi connectivity index (χ0n) is 6.53. The van der Waals surface area contributed by atoms with Crippen molar-refractivity contribution >= 4 is 11.3 Å². The van der Waals surface area contributed by atoms with Crippen molar-refractivity contribution in [2.24, 2.45) is 5.92 Å². The van der Waals surface area contributed by atoms with Gasteiger partial charge in [-0.15, -0.1) is 0 Å². The highest BCUT2D eigenvalue weighted by Gasteiger charge is 2.41. The van der Waals surface area contributed by atoms with Crippen LogP contribution < -0.4 is 0 Å². The van der Waals surface area contributed by atoms with E-state index >= 15 is 0 Å². The molecule has 0 aromatic carbocycles. The molecular formula is C9H12OS. The van der Waals surface area contributed by atoms with Gasteiger partial charge in [0.1, 0.15) is 0 Å². The molecule has 3 unspecified atom stereocenters. The fourth-order valence-corrected chi connectivity index (χ4v) is 2.34. The van der Waals surface area contributed by atoms with E-state index in [2.05, 4.69) is 16.8 Å². The summed E-state index contributed by atoms with van der Waals surface area (Å²) in [5, 5.41) is 13.6. The molecule has 0 aliphatic heterocycles. The third kappa shape index (κ3) is 1.33. The number of hydrogen-bond acceptors (Lipinski definition) is 2. The second-order valence-electron chi connectivity index (χ2n) is 3.30. The van der Waals surface area contributed by atoms with Crippen LogP contribution in [-0.2, 0) is 0 Å². The second-order valence-corrected chi connectivity index (χ2v) is 4.08. The van der Waals surface area contributed by atoms with E-state index in [1.165, 1.54) is 12.0 Å². The average Bonchev–Trinajstić information content (AvgIpc) is 2.60. The van der Waals surface area contributed by atoms with Gasteiger partial charge < -0.3 is 5.11 Å². The molecule has 1 aliphatic rings. The lowest BCUT2D eigenvalue weighted by molar-refractivity contribution is 0.169. The van der Waals surface area contributed by atoms with E-state index in [0.29, 0.717) is 11.8 Å². The lowest BCUT2D eigenvalue weighted by Gasteiger charge is -1.99. The van der Waals surface area contributed by atoms with E-state index < -0.39 is 0 Å². The molecule has 1 fully saturated rings. The maximum atomic E-state index is 9.26. The molecule has 0 bridgehead atoms. The van der Waals surface area contributed by atoms with Crippen LogP contribution in [0.5, 0.6) is 0 Å². The first kappa shape index (κ1) is 7.32. The van der Waals surface area contributed by atoms with E-state index in [4.69, 9.17) is 0 Å². The van der Waals surface area contributed by atoms with E-state index in [1.807, 2.05) is 6.92 Å². The Morgan fingerprint density at radius 3 is 3.00 bits per heavy atom. The standard InChI is InChI=1S/C9H12OS/c1-6(10)8-4-9(8)7-2-3-11-5-7/h2-3,5-6,8-10H,4H2,1H3. The van der Waals surface area contributed by atoms with Gasteiger partial charge in [0.2, 0.25) is 0 Å². The first-order valence-electron chi connectivity index (χ1n) is 3.99. The molecule has 1 aromatic heterocycles. The van der Waals surface area contributed by atoms with Crippen LogP contribution in [-0.4, -0.2) is 11.2 Å². The molecule has 1 saturated carbocycles. The van der Waals surface area contributed by atoms with Crippen LogP contribution in [0.2, 0.25) is 0 Å². The first-order chi connectivity index (χ1) is 5.29. The van der Waals surface area contributed by atoms with Gasteiger partial charge >= 0.3 is 0 Å². The number of hydrogen-bond donors (Lipinski definition) is 1. The molecule has 1 N–H and O–H groups in total. The Kier molecular flexibility index (Phi) is 1.74. The Bertz CT molecular complexity index is 228. The minimum absolute atomic E-state index is 0.125. The van der Waals surface area contributed by atoms with Crippen molar-refractivity contribution in [3.05, 3.63) is 22.4 Å². The summed E-state index contributed by atoms with van der Waals surface area (Å²) < 4.78 is 0. The molecule has 60 valence electrons. The third-order valence-corrected chi connectivity index (χ3v) is 3.13. The maximum absolute atomic E-state index is 9.26. The van der Waals surface area contributed by atoms with Crippen LogP contribution in [0.1, 0.15) is 24.8 Å². The molecule has 0 amide bonds. The highest BCUT2D eigenvalue weighted by Crippen LogP contribution is 2.49. The Balaban J connectivity index is 2.02. The summed E-state index contributed by atoms with van der Waals surface area (Å²) in [5.74, 6) is 1.19. The molecule has 11 heavy (non-hydrogen) atoms. The quantitative estimate of drug-likeness (QED) is 0.718. The minimum Gasteiger partial charge on any atom is -0.393 e. The topological polar surface area (TPSA) is 20.2 Å². The fraction of sp³-hybridized carbons (Fsp3) is 0.556. The SMILES string of the molecule is CC(O)C1CC1c1ccsc1. The molecule has 1 nitrogen and oxygen atoms in total. The van der Waals surface area contributed by atoms with Crippen molar-refractivity contribution in [3.8, 4) is 0 Å². The van der Waals surface area contributed by atoms with E-state index in [-0.39, 0.29) is 6.10 Å². The number of rotatable bonds is 2. The second kappa shape index (κ2) is 2.61. The summed E-state index contributed by atoms with van der Waals surface area (Å²) in [4.78, 5) is 0. The van der Waals surface area contributed by atoms with Gasteiger partial charge in [-0.3, -0.25) is 0 Å². The maximum Gasteiger partial charge on any atom is 0.0546 e. The number of thiophene rings is 1. The summed E-state index contributed by atoms with van der Waals surface area (Å²) in [7, 11) is 0. The van der Waals surface area contributed by atoms with Gasteiger partial charge in [0.25, 0.3) is 0 Å². The van der Waals surface area contributed by atoms with Crippen LogP contribution >= 0.6 is 11.3 Å². The molecule has 0 saturated heterocycles. The molecule has 2 rings (SSSR count). The summed E-state index contributed by atoms with van der Waals surface area (Å²) >= 11 is 1.74. The Labute approximate surface area is 70.7 Å². The molecule has 0 radical (unpaired) electrons. The van der Waals surface area contributed by atoms with Crippen molar-refractivity contribution < 1.29 is 5.11 Å². The summed E-state index contributed by atoms with van der Waals surface area (Å²) in [5.41, 5.74) is 1.42. The van der Waals surface area contributed by atoms with Gasteiger partial charge in [-0.05, 0) is 47.6 Å². The van der Waals surface area contributed by atoms with Crippen molar-refractivity contribution in [3.63, 3.8) is 0 Å². The van der Waals surface area contributed by atoms with Crippen molar-refractivity contribution in [2.45, 2.75) is 25.4 Å². The lowest BCUT2D eigenvalue weighted by atomic mass is 10.1. The molecule has 3 atom stereocenters. The highest BCUT2D eigenvalue weighted by atomic mass is 32.1. The van der Waals surface area contributed by atoms with E-state index in [9.17, 15) is 5.11 Å². The van der Waals surface area contributed by atoms with Gasteiger partial charge in [-0.25, -0.2) is 0 Å². The highest BCUT2D eigenvalue weighted by molar-refractivity contribution is 7.08. The van der Waals surface area contributed by atoms with Gasteiger partial charge in [-0.2, -0.15) is 11.3 Å². The van der Waals surface area contributed by atoms with Crippen LogP contribution in [0.3, 0.4) is 0 Å². The zero-order chi connectivity index (χ0) is 7.84. The average molecular weight is 168 g/mol. The molecule has 0 spiro atoms. The Morgan fingerprint density at radius 2 is 2.55 bits per heavy atom. The lowest BCUT2D eigenvalue weighted by Crippen LogP contribution is -2.02. The van der Waals surface area contributed by atoms with Crippen molar-refractivity contribution in [1.29, 1.82) is 0 Å². The van der Waals surface area contributed by atoms with E-state index in [0.717, 1.165) is 0 Å². The number of aliphatic hydroxyl groups excluding tert-OH is 1. The van der Waals surface area contributed by atoms with Gasteiger partial charge in [-0.1, -0.05) is 0 Å².